The van der Waals surface area contributed by atoms with Crippen molar-refractivity contribution in [1.29, 1.82) is 0 Å². The maximum absolute atomic E-state index is 12.5. The number of carboxylic acids is 1. The summed E-state index contributed by atoms with van der Waals surface area (Å²) in [7, 11) is 0. The molecule has 0 saturated heterocycles. The van der Waals surface area contributed by atoms with Crippen molar-refractivity contribution in [2.24, 2.45) is 0 Å². The molecule has 0 spiro atoms. The Labute approximate surface area is 146 Å². The topological polar surface area (TPSA) is 92.4 Å². The molecule has 1 aliphatic rings. The van der Waals surface area contributed by atoms with Gasteiger partial charge in [0.05, 0.1) is 5.69 Å². The highest BCUT2D eigenvalue weighted by molar-refractivity contribution is 5.98. The number of carboxylic acid groups (broad SMARTS) is 1. The molecular weight excluding hydrogens is 320 g/mol. The molecule has 1 aromatic heterocycles. The van der Waals surface area contributed by atoms with Gasteiger partial charge in [0.2, 0.25) is 0 Å². The van der Waals surface area contributed by atoms with Crippen LogP contribution in [0.3, 0.4) is 0 Å². The van der Waals surface area contributed by atoms with Crippen molar-refractivity contribution in [3.63, 3.8) is 0 Å². The second-order valence-corrected chi connectivity index (χ2v) is 6.59. The van der Waals surface area contributed by atoms with Crippen molar-refractivity contribution in [2.75, 3.05) is 0 Å². The molecule has 132 valence electrons. The molecule has 6 nitrogen and oxygen atoms in total. The van der Waals surface area contributed by atoms with Gasteiger partial charge in [-0.15, -0.1) is 0 Å². The van der Waals surface area contributed by atoms with Crippen molar-refractivity contribution >= 4 is 11.9 Å². The first-order chi connectivity index (χ1) is 12.0. The molecule has 1 heterocycles. The summed E-state index contributed by atoms with van der Waals surface area (Å²) in [5, 5.41) is 16.0. The number of nitrogens with one attached hydrogen (secondary N) is 1. The lowest BCUT2D eigenvalue weighted by Gasteiger charge is -2.28. The van der Waals surface area contributed by atoms with E-state index >= 15 is 0 Å². The molecular formula is C19H22N2O4. The van der Waals surface area contributed by atoms with E-state index in [1.54, 1.807) is 13.8 Å². The Hall–Kier alpha value is -2.63. The van der Waals surface area contributed by atoms with Crippen LogP contribution in [0.25, 0.3) is 0 Å². The summed E-state index contributed by atoms with van der Waals surface area (Å²) < 4.78 is 5.00. The van der Waals surface area contributed by atoms with Crippen LogP contribution in [0.5, 0.6) is 0 Å². The van der Waals surface area contributed by atoms with E-state index in [9.17, 15) is 14.7 Å². The zero-order valence-electron chi connectivity index (χ0n) is 14.4. The van der Waals surface area contributed by atoms with Crippen LogP contribution in [0.1, 0.15) is 58.1 Å². The largest absolute Gasteiger partial charge is 0.480 e. The number of aliphatic carboxylic acids is 1. The SMILES string of the molecule is Cc1noc(C)c1C(=O)NC(CC1CCCc2ccccc21)C(=O)O. The van der Waals surface area contributed by atoms with Gasteiger partial charge in [-0.2, -0.15) is 0 Å². The Morgan fingerprint density at radius 3 is 2.80 bits per heavy atom. The van der Waals surface area contributed by atoms with Crippen LogP contribution in [0.4, 0.5) is 0 Å². The molecule has 2 aromatic rings. The van der Waals surface area contributed by atoms with Gasteiger partial charge in [-0.3, -0.25) is 4.79 Å². The number of carbonyl (C=O) groups is 2. The molecule has 0 fully saturated rings. The fraction of sp³-hybridized carbons (Fsp3) is 0.421. The third-order valence-corrected chi connectivity index (χ3v) is 4.88. The number of aryl methyl sites for hydroxylation is 3. The minimum Gasteiger partial charge on any atom is -0.480 e. The van der Waals surface area contributed by atoms with Crippen LogP contribution in [0.2, 0.25) is 0 Å². The predicted octanol–water partition coefficient (Wildman–Crippen LogP) is 2.98. The van der Waals surface area contributed by atoms with Gasteiger partial charge in [0.25, 0.3) is 5.91 Å². The van der Waals surface area contributed by atoms with Crippen LogP contribution in [0.15, 0.2) is 28.8 Å². The van der Waals surface area contributed by atoms with E-state index in [1.165, 1.54) is 11.1 Å². The minimum absolute atomic E-state index is 0.135. The maximum atomic E-state index is 12.5. The smallest absolute Gasteiger partial charge is 0.326 e. The summed E-state index contributed by atoms with van der Waals surface area (Å²) in [5.74, 6) is -0.950. The van der Waals surface area contributed by atoms with Gasteiger partial charge in [0.15, 0.2) is 0 Å². The number of amides is 1. The van der Waals surface area contributed by atoms with Crippen molar-refractivity contribution in [2.45, 2.75) is 51.5 Å². The molecule has 1 aromatic carbocycles. The van der Waals surface area contributed by atoms with Gasteiger partial charge in [0, 0.05) is 0 Å². The molecule has 0 bridgehead atoms. The fourth-order valence-electron chi connectivity index (χ4n) is 3.64. The van der Waals surface area contributed by atoms with Gasteiger partial charge in [-0.25, -0.2) is 4.79 Å². The first kappa shape index (κ1) is 17.2. The molecule has 2 atom stereocenters. The summed E-state index contributed by atoms with van der Waals surface area (Å²) in [4.78, 5) is 24.2. The first-order valence-electron chi connectivity index (χ1n) is 8.51. The summed E-state index contributed by atoms with van der Waals surface area (Å²) >= 11 is 0. The molecule has 0 aliphatic heterocycles. The van der Waals surface area contributed by atoms with Gasteiger partial charge in [-0.1, -0.05) is 29.4 Å². The van der Waals surface area contributed by atoms with Crippen molar-refractivity contribution in [3.8, 4) is 0 Å². The van der Waals surface area contributed by atoms with Crippen LogP contribution in [0, 0.1) is 13.8 Å². The Bertz CT molecular complexity index is 777. The average Bonchev–Trinajstić information content (AvgIpc) is 2.93. The third kappa shape index (κ3) is 3.57. The van der Waals surface area contributed by atoms with Crippen LogP contribution in [-0.2, 0) is 11.2 Å². The number of hydrogen-bond acceptors (Lipinski definition) is 4. The molecule has 2 N–H and O–H groups in total. The number of nitrogens with zero attached hydrogens (tertiary/aromatic N) is 1. The van der Waals surface area contributed by atoms with Crippen molar-refractivity contribution in [3.05, 3.63) is 52.4 Å². The van der Waals surface area contributed by atoms with Crippen LogP contribution < -0.4 is 5.32 Å². The maximum Gasteiger partial charge on any atom is 0.326 e. The fourth-order valence-corrected chi connectivity index (χ4v) is 3.64. The molecule has 0 radical (unpaired) electrons. The zero-order valence-corrected chi connectivity index (χ0v) is 14.4. The Kier molecular flexibility index (Phi) is 4.88. The second kappa shape index (κ2) is 7.09. The number of hydrogen-bond donors (Lipinski definition) is 2. The molecule has 2 unspecified atom stereocenters. The second-order valence-electron chi connectivity index (χ2n) is 6.59. The first-order valence-corrected chi connectivity index (χ1v) is 8.51. The van der Waals surface area contributed by atoms with E-state index in [0.29, 0.717) is 23.4 Å². The number of fused-ring (bicyclic) bond motifs is 1. The number of rotatable bonds is 5. The quantitative estimate of drug-likeness (QED) is 0.871. The highest BCUT2D eigenvalue weighted by Gasteiger charge is 2.29. The van der Waals surface area contributed by atoms with Gasteiger partial charge >= 0.3 is 5.97 Å². The third-order valence-electron chi connectivity index (χ3n) is 4.88. The van der Waals surface area contributed by atoms with E-state index in [4.69, 9.17) is 4.52 Å². The lowest BCUT2D eigenvalue weighted by atomic mass is 9.79. The average molecular weight is 342 g/mol. The van der Waals surface area contributed by atoms with E-state index < -0.39 is 17.9 Å². The van der Waals surface area contributed by atoms with Crippen LogP contribution >= 0.6 is 0 Å². The molecule has 1 amide bonds. The van der Waals surface area contributed by atoms with Gasteiger partial charge in [-0.05, 0) is 56.6 Å². The minimum atomic E-state index is -1.02. The normalized spacial score (nSPS) is 17.6. The van der Waals surface area contributed by atoms with E-state index in [-0.39, 0.29) is 5.92 Å². The number of aromatic nitrogens is 1. The molecule has 25 heavy (non-hydrogen) atoms. The monoisotopic (exact) mass is 342 g/mol. The molecule has 0 saturated carbocycles. The Morgan fingerprint density at radius 2 is 2.12 bits per heavy atom. The lowest BCUT2D eigenvalue weighted by Crippen LogP contribution is -2.42. The summed E-state index contributed by atoms with van der Waals surface area (Å²) in [6.45, 7) is 3.31. The van der Waals surface area contributed by atoms with E-state index in [0.717, 1.165) is 19.3 Å². The Balaban J connectivity index is 1.77. The van der Waals surface area contributed by atoms with Crippen molar-refractivity contribution in [1.82, 2.24) is 10.5 Å². The van der Waals surface area contributed by atoms with Crippen LogP contribution in [-0.4, -0.2) is 28.2 Å². The Morgan fingerprint density at radius 1 is 1.36 bits per heavy atom. The van der Waals surface area contributed by atoms with E-state index in [2.05, 4.69) is 22.6 Å². The molecule has 3 rings (SSSR count). The summed E-state index contributed by atoms with van der Waals surface area (Å²) in [6.07, 6.45) is 3.37. The predicted molar refractivity (Wildman–Crippen MR) is 91.6 cm³/mol. The molecule has 1 aliphatic carbocycles. The summed E-state index contributed by atoms with van der Waals surface area (Å²) in [5.41, 5.74) is 3.25. The molecule has 6 heteroatoms. The highest BCUT2D eigenvalue weighted by Crippen LogP contribution is 2.34. The highest BCUT2D eigenvalue weighted by atomic mass is 16.5. The number of benzene rings is 1. The van der Waals surface area contributed by atoms with Crippen molar-refractivity contribution < 1.29 is 19.2 Å². The van der Waals surface area contributed by atoms with Gasteiger partial charge < -0.3 is 14.9 Å². The number of carbonyl (C=O) groups excluding carboxylic acids is 1. The standard InChI is InChI=1S/C19H22N2O4/c1-11-17(12(2)25-21-11)18(22)20-16(19(23)24)10-14-8-5-7-13-6-3-4-9-15(13)14/h3-4,6,9,14,16H,5,7-8,10H2,1-2H3,(H,20,22)(H,23,24). The summed E-state index contributed by atoms with van der Waals surface area (Å²) in [6, 6.07) is 7.20. The lowest BCUT2D eigenvalue weighted by molar-refractivity contribution is -0.139. The van der Waals surface area contributed by atoms with E-state index in [1.807, 2.05) is 12.1 Å². The van der Waals surface area contributed by atoms with Gasteiger partial charge in [0.1, 0.15) is 17.4 Å². The zero-order chi connectivity index (χ0) is 18.0.